The molecule has 172 valence electrons. The molecule has 1 fully saturated rings. The molecule has 0 aliphatic carbocycles. The zero-order valence-corrected chi connectivity index (χ0v) is 17.2. The number of urea groups is 1. The Labute approximate surface area is 183 Å². The minimum absolute atomic E-state index is 0.0441. The molecule has 2 heterocycles. The van der Waals surface area contributed by atoms with Crippen molar-refractivity contribution < 1.29 is 27.5 Å². The molecule has 1 aliphatic heterocycles. The van der Waals surface area contributed by atoms with Gasteiger partial charge in [-0.1, -0.05) is 0 Å². The summed E-state index contributed by atoms with van der Waals surface area (Å²) in [6.07, 6.45) is -2.27. The number of pyridine rings is 1. The standard InChI is InChI=1S/C21H24F3N5O3/c22-21(23,24)15-4-6-16(7-5-15)27-20(31)28-18-17(3-1-8-25-18)19(30)26-9-2-10-29-11-13-32-14-12-29/h1,3-8H,2,9-14H2,(H,26,30)(H2,25,27,28,31). The molecule has 32 heavy (non-hydrogen) atoms. The van der Waals surface area contributed by atoms with Gasteiger partial charge in [-0.2, -0.15) is 13.2 Å². The zero-order chi connectivity index (χ0) is 23.0. The monoisotopic (exact) mass is 451 g/mol. The van der Waals surface area contributed by atoms with Crippen LogP contribution < -0.4 is 16.0 Å². The van der Waals surface area contributed by atoms with E-state index in [-0.39, 0.29) is 23.0 Å². The number of anilines is 2. The number of carbonyl (C=O) groups excluding carboxylic acids is 2. The third kappa shape index (κ3) is 6.92. The van der Waals surface area contributed by atoms with Crippen LogP contribution in [0.2, 0.25) is 0 Å². The van der Waals surface area contributed by atoms with Gasteiger partial charge in [-0.3, -0.25) is 15.0 Å². The minimum Gasteiger partial charge on any atom is -0.379 e. The van der Waals surface area contributed by atoms with Gasteiger partial charge in [-0.25, -0.2) is 9.78 Å². The molecule has 0 spiro atoms. The van der Waals surface area contributed by atoms with Crippen molar-refractivity contribution in [2.45, 2.75) is 12.6 Å². The van der Waals surface area contributed by atoms with Crippen LogP contribution in [0.25, 0.3) is 0 Å². The molecule has 1 aromatic carbocycles. The number of carbonyl (C=O) groups is 2. The first kappa shape index (κ1) is 23.5. The molecule has 3 amide bonds. The number of nitrogens with zero attached hydrogens (tertiary/aromatic N) is 2. The van der Waals surface area contributed by atoms with Gasteiger partial charge in [0.1, 0.15) is 5.82 Å². The van der Waals surface area contributed by atoms with E-state index in [1.807, 2.05) is 0 Å². The Kier molecular flexibility index (Phi) is 8.01. The first-order valence-corrected chi connectivity index (χ1v) is 10.1. The quantitative estimate of drug-likeness (QED) is 0.562. The van der Waals surface area contributed by atoms with Gasteiger partial charge in [0.15, 0.2) is 0 Å². The number of rotatable bonds is 7. The van der Waals surface area contributed by atoms with Gasteiger partial charge in [0.2, 0.25) is 0 Å². The number of benzene rings is 1. The lowest BCUT2D eigenvalue weighted by molar-refractivity contribution is -0.137. The van der Waals surface area contributed by atoms with Crippen molar-refractivity contribution in [1.82, 2.24) is 15.2 Å². The third-order valence-electron chi connectivity index (χ3n) is 4.79. The maximum Gasteiger partial charge on any atom is 0.416 e. The van der Waals surface area contributed by atoms with Crippen molar-refractivity contribution in [3.05, 3.63) is 53.7 Å². The van der Waals surface area contributed by atoms with Gasteiger partial charge in [0.05, 0.1) is 24.3 Å². The van der Waals surface area contributed by atoms with Gasteiger partial charge in [0.25, 0.3) is 5.91 Å². The van der Waals surface area contributed by atoms with Gasteiger partial charge in [-0.05, 0) is 49.4 Å². The Morgan fingerprint density at radius 3 is 2.47 bits per heavy atom. The Balaban J connectivity index is 1.51. The fraction of sp³-hybridized carbons (Fsp3) is 0.381. The fourth-order valence-corrected chi connectivity index (χ4v) is 3.13. The van der Waals surface area contributed by atoms with Crippen molar-refractivity contribution in [2.75, 3.05) is 50.0 Å². The zero-order valence-electron chi connectivity index (χ0n) is 17.2. The van der Waals surface area contributed by atoms with E-state index >= 15 is 0 Å². The topological polar surface area (TPSA) is 95.6 Å². The maximum absolute atomic E-state index is 12.6. The Bertz CT molecular complexity index is 916. The molecule has 2 aromatic rings. The summed E-state index contributed by atoms with van der Waals surface area (Å²) in [5, 5.41) is 7.69. The summed E-state index contributed by atoms with van der Waals surface area (Å²) in [4.78, 5) is 31.1. The predicted octanol–water partition coefficient (Wildman–Crippen LogP) is 3.20. The van der Waals surface area contributed by atoms with Gasteiger partial charge in [0, 0.05) is 31.5 Å². The highest BCUT2D eigenvalue weighted by molar-refractivity contribution is 6.05. The van der Waals surface area contributed by atoms with Crippen molar-refractivity contribution in [2.24, 2.45) is 0 Å². The van der Waals surface area contributed by atoms with Crippen LogP contribution in [0.15, 0.2) is 42.6 Å². The SMILES string of the molecule is O=C(Nc1ccc(C(F)(F)F)cc1)Nc1ncccc1C(=O)NCCCN1CCOCC1. The van der Waals surface area contributed by atoms with Crippen LogP contribution in [-0.2, 0) is 10.9 Å². The Morgan fingerprint density at radius 2 is 1.78 bits per heavy atom. The van der Waals surface area contributed by atoms with Gasteiger partial charge < -0.3 is 15.4 Å². The van der Waals surface area contributed by atoms with E-state index in [9.17, 15) is 22.8 Å². The average molecular weight is 451 g/mol. The molecule has 1 aliphatic rings. The number of aromatic nitrogens is 1. The van der Waals surface area contributed by atoms with Crippen LogP contribution >= 0.6 is 0 Å². The lowest BCUT2D eigenvalue weighted by Gasteiger charge is -2.26. The maximum atomic E-state index is 12.6. The molecule has 0 atom stereocenters. The van der Waals surface area contributed by atoms with E-state index in [1.54, 1.807) is 6.07 Å². The normalized spacial score (nSPS) is 14.6. The summed E-state index contributed by atoms with van der Waals surface area (Å²) in [6.45, 7) is 4.48. The number of halogens is 3. The number of hydrogen-bond donors (Lipinski definition) is 3. The molecular weight excluding hydrogens is 427 g/mol. The first-order chi connectivity index (χ1) is 15.3. The molecule has 3 N–H and O–H groups in total. The number of ether oxygens (including phenoxy) is 1. The van der Waals surface area contributed by atoms with Crippen LogP contribution in [0.4, 0.5) is 29.5 Å². The van der Waals surface area contributed by atoms with Crippen molar-refractivity contribution in [1.29, 1.82) is 0 Å². The molecule has 1 saturated heterocycles. The molecule has 11 heteroatoms. The summed E-state index contributed by atoms with van der Waals surface area (Å²) in [5.41, 5.74) is -0.470. The van der Waals surface area contributed by atoms with Crippen molar-refractivity contribution in [3.8, 4) is 0 Å². The van der Waals surface area contributed by atoms with E-state index in [4.69, 9.17) is 4.74 Å². The number of nitrogens with one attached hydrogen (secondary N) is 3. The summed E-state index contributed by atoms with van der Waals surface area (Å²) < 4.78 is 43.2. The third-order valence-corrected chi connectivity index (χ3v) is 4.79. The summed E-state index contributed by atoms with van der Waals surface area (Å²) in [6, 6.07) is 6.38. The predicted molar refractivity (Wildman–Crippen MR) is 113 cm³/mol. The van der Waals surface area contributed by atoms with Crippen molar-refractivity contribution >= 4 is 23.4 Å². The second kappa shape index (κ2) is 10.9. The number of hydrogen-bond acceptors (Lipinski definition) is 5. The first-order valence-electron chi connectivity index (χ1n) is 10.1. The van der Waals surface area contributed by atoms with E-state index in [2.05, 4.69) is 25.8 Å². The van der Waals surface area contributed by atoms with Crippen LogP contribution in [0.5, 0.6) is 0 Å². The van der Waals surface area contributed by atoms with Crippen LogP contribution in [0.1, 0.15) is 22.3 Å². The molecule has 1 aromatic heterocycles. The molecule has 0 radical (unpaired) electrons. The van der Waals surface area contributed by atoms with E-state index in [0.29, 0.717) is 19.8 Å². The van der Waals surface area contributed by atoms with E-state index in [1.165, 1.54) is 12.3 Å². The number of morpholine rings is 1. The second-order valence-electron chi connectivity index (χ2n) is 7.12. The smallest absolute Gasteiger partial charge is 0.379 e. The van der Waals surface area contributed by atoms with Gasteiger partial charge >= 0.3 is 12.2 Å². The summed E-state index contributed by atoms with van der Waals surface area (Å²) in [5.74, 6) is -0.340. The molecular formula is C21H24F3N5O3. The number of alkyl halides is 3. The van der Waals surface area contributed by atoms with Crippen molar-refractivity contribution in [3.63, 3.8) is 0 Å². The number of amides is 3. The Morgan fingerprint density at radius 1 is 1.06 bits per heavy atom. The Hall–Kier alpha value is -3.18. The average Bonchev–Trinajstić information content (AvgIpc) is 2.77. The van der Waals surface area contributed by atoms with Gasteiger partial charge in [-0.15, -0.1) is 0 Å². The summed E-state index contributed by atoms with van der Waals surface area (Å²) in [7, 11) is 0. The van der Waals surface area contributed by atoms with Crippen LogP contribution in [-0.4, -0.2) is 61.2 Å². The highest BCUT2D eigenvalue weighted by Crippen LogP contribution is 2.29. The summed E-state index contributed by atoms with van der Waals surface area (Å²) >= 11 is 0. The minimum atomic E-state index is -4.46. The molecule has 8 nitrogen and oxygen atoms in total. The van der Waals surface area contributed by atoms with E-state index < -0.39 is 17.8 Å². The fourth-order valence-electron chi connectivity index (χ4n) is 3.13. The molecule has 0 unspecified atom stereocenters. The van der Waals surface area contributed by atoms with E-state index in [0.717, 1.165) is 50.3 Å². The largest absolute Gasteiger partial charge is 0.416 e. The lowest BCUT2D eigenvalue weighted by atomic mass is 10.2. The second-order valence-corrected chi connectivity index (χ2v) is 7.12. The molecule has 0 bridgehead atoms. The highest BCUT2D eigenvalue weighted by atomic mass is 19.4. The molecule has 3 rings (SSSR count). The molecule has 0 saturated carbocycles. The highest BCUT2D eigenvalue weighted by Gasteiger charge is 2.30. The van der Waals surface area contributed by atoms with Crippen LogP contribution in [0, 0.1) is 0 Å². The van der Waals surface area contributed by atoms with Crippen LogP contribution in [0.3, 0.4) is 0 Å². The lowest BCUT2D eigenvalue weighted by Crippen LogP contribution is -2.38.